The summed E-state index contributed by atoms with van der Waals surface area (Å²) in [6.45, 7) is 1.76. The van der Waals surface area contributed by atoms with Crippen molar-refractivity contribution < 1.29 is 14.9 Å². The number of benzene rings is 1. The quantitative estimate of drug-likeness (QED) is 0.887. The van der Waals surface area contributed by atoms with Gasteiger partial charge in [0.25, 0.3) is 0 Å². The van der Waals surface area contributed by atoms with E-state index in [1.807, 2.05) is 0 Å². The summed E-state index contributed by atoms with van der Waals surface area (Å²) in [6.07, 6.45) is 1.11. The van der Waals surface area contributed by atoms with Crippen LogP contribution in [0.25, 0.3) is 0 Å². The van der Waals surface area contributed by atoms with Crippen molar-refractivity contribution in [2.75, 3.05) is 7.11 Å². The molecule has 0 aliphatic rings. The van der Waals surface area contributed by atoms with E-state index >= 15 is 0 Å². The summed E-state index contributed by atoms with van der Waals surface area (Å²) in [7, 11) is 1.52. The van der Waals surface area contributed by atoms with Gasteiger partial charge in [-0.05, 0) is 37.5 Å². The number of methoxy groups -OCH3 is 1. The predicted molar refractivity (Wildman–Crippen MR) is 62.4 cm³/mol. The minimum atomic E-state index is -0.323. The molecular weight excluding hydrogens is 260 g/mol. The number of aromatic hydroxyl groups is 1. The lowest BCUT2D eigenvalue weighted by Gasteiger charge is -2.10. The van der Waals surface area contributed by atoms with Crippen LogP contribution in [0.2, 0.25) is 0 Å². The molecule has 0 fully saturated rings. The number of hydrogen-bond donors (Lipinski definition) is 2. The van der Waals surface area contributed by atoms with Crippen molar-refractivity contribution in [1.29, 1.82) is 0 Å². The monoisotopic (exact) mass is 274 g/mol. The zero-order chi connectivity index (χ0) is 11.4. The van der Waals surface area contributed by atoms with Crippen LogP contribution in [0.4, 0.5) is 0 Å². The van der Waals surface area contributed by atoms with Gasteiger partial charge in [-0.25, -0.2) is 0 Å². The first-order chi connectivity index (χ1) is 7.04. The van der Waals surface area contributed by atoms with E-state index in [2.05, 4.69) is 15.9 Å². The van der Waals surface area contributed by atoms with Crippen molar-refractivity contribution in [2.45, 2.75) is 25.9 Å². The van der Waals surface area contributed by atoms with Crippen LogP contribution in [0.15, 0.2) is 16.6 Å². The number of rotatable bonds is 4. The summed E-state index contributed by atoms with van der Waals surface area (Å²) in [5, 5.41) is 18.7. The van der Waals surface area contributed by atoms with Crippen LogP contribution >= 0.6 is 15.9 Å². The lowest BCUT2D eigenvalue weighted by atomic mass is 10.1. The SMILES string of the molecule is COc1cc(CC[C@@H](C)O)c(Br)cc1O. The maximum absolute atomic E-state index is 9.49. The number of aryl methyl sites for hydroxylation is 1. The minimum absolute atomic E-state index is 0.116. The molecule has 0 spiro atoms. The molecule has 1 atom stereocenters. The van der Waals surface area contributed by atoms with E-state index in [1.54, 1.807) is 19.1 Å². The molecular formula is C11H15BrO3. The summed E-state index contributed by atoms with van der Waals surface area (Å²) >= 11 is 3.36. The molecule has 0 heterocycles. The van der Waals surface area contributed by atoms with Crippen molar-refractivity contribution in [3.63, 3.8) is 0 Å². The van der Waals surface area contributed by atoms with Crippen LogP contribution in [0, 0.1) is 0 Å². The third-order valence-electron chi connectivity index (χ3n) is 2.18. The fourth-order valence-corrected chi connectivity index (χ4v) is 1.83. The van der Waals surface area contributed by atoms with Gasteiger partial charge in [0.1, 0.15) is 0 Å². The number of ether oxygens (including phenoxy) is 1. The Bertz CT molecular complexity index is 337. The molecule has 2 N–H and O–H groups in total. The highest BCUT2D eigenvalue weighted by Gasteiger charge is 2.08. The van der Waals surface area contributed by atoms with Crippen molar-refractivity contribution in [3.8, 4) is 11.5 Å². The Morgan fingerprint density at radius 1 is 1.47 bits per heavy atom. The normalized spacial score (nSPS) is 12.5. The number of halogens is 1. The van der Waals surface area contributed by atoms with Crippen LogP contribution < -0.4 is 4.74 Å². The van der Waals surface area contributed by atoms with Gasteiger partial charge in [-0.2, -0.15) is 0 Å². The van der Waals surface area contributed by atoms with E-state index in [1.165, 1.54) is 7.11 Å². The molecule has 15 heavy (non-hydrogen) atoms. The largest absolute Gasteiger partial charge is 0.504 e. The molecule has 0 aliphatic carbocycles. The van der Waals surface area contributed by atoms with Gasteiger partial charge >= 0.3 is 0 Å². The van der Waals surface area contributed by atoms with Crippen molar-refractivity contribution in [2.24, 2.45) is 0 Å². The number of hydrogen-bond acceptors (Lipinski definition) is 3. The summed E-state index contributed by atoms with van der Waals surface area (Å²) in [5.41, 5.74) is 1.02. The molecule has 0 bridgehead atoms. The number of aliphatic hydroxyl groups excluding tert-OH is 1. The second-order valence-electron chi connectivity index (χ2n) is 3.50. The van der Waals surface area contributed by atoms with Crippen molar-refractivity contribution in [3.05, 3.63) is 22.2 Å². The van der Waals surface area contributed by atoms with Gasteiger partial charge in [0.2, 0.25) is 0 Å². The van der Waals surface area contributed by atoms with Crippen molar-refractivity contribution >= 4 is 15.9 Å². The van der Waals surface area contributed by atoms with Gasteiger partial charge in [-0.1, -0.05) is 15.9 Å². The second-order valence-corrected chi connectivity index (χ2v) is 4.36. The Labute approximate surface area is 97.8 Å². The van der Waals surface area contributed by atoms with Crippen LogP contribution in [-0.2, 0) is 6.42 Å². The molecule has 0 aliphatic heterocycles. The molecule has 1 rings (SSSR count). The van der Waals surface area contributed by atoms with Gasteiger partial charge in [-0.3, -0.25) is 0 Å². The average molecular weight is 275 g/mol. The number of aliphatic hydroxyl groups is 1. The molecule has 1 aromatic carbocycles. The highest BCUT2D eigenvalue weighted by molar-refractivity contribution is 9.10. The Kier molecular flexibility index (Phi) is 4.42. The molecule has 0 saturated carbocycles. The third-order valence-corrected chi connectivity index (χ3v) is 2.92. The number of phenols is 1. The zero-order valence-corrected chi connectivity index (χ0v) is 10.4. The summed E-state index contributed by atoms with van der Waals surface area (Å²) in [6, 6.07) is 3.39. The topological polar surface area (TPSA) is 49.7 Å². The Morgan fingerprint density at radius 2 is 2.13 bits per heavy atom. The predicted octanol–water partition coefficient (Wildman–Crippen LogP) is 2.48. The molecule has 4 heteroatoms. The Hall–Kier alpha value is -0.740. The number of phenolic OH excluding ortho intramolecular Hbond substituents is 1. The lowest BCUT2D eigenvalue weighted by Crippen LogP contribution is -2.02. The fourth-order valence-electron chi connectivity index (χ4n) is 1.30. The van der Waals surface area contributed by atoms with Crippen LogP contribution in [0.1, 0.15) is 18.9 Å². The van der Waals surface area contributed by atoms with Gasteiger partial charge in [0.05, 0.1) is 13.2 Å². The molecule has 84 valence electrons. The minimum Gasteiger partial charge on any atom is -0.504 e. The fraction of sp³-hybridized carbons (Fsp3) is 0.455. The van der Waals surface area contributed by atoms with E-state index < -0.39 is 0 Å². The molecule has 0 aromatic heterocycles. The first-order valence-electron chi connectivity index (χ1n) is 4.78. The van der Waals surface area contributed by atoms with E-state index in [-0.39, 0.29) is 11.9 Å². The summed E-state index contributed by atoms with van der Waals surface area (Å²) in [4.78, 5) is 0. The van der Waals surface area contributed by atoms with Gasteiger partial charge < -0.3 is 14.9 Å². The molecule has 0 unspecified atom stereocenters. The molecule has 0 saturated heterocycles. The van der Waals surface area contributed by atoms with Gasteiger partial charge in [0.15, 0.2) is 11.5 Å². The first kappa shape index (κ1) is 12.3. The molecule has 0 amide bonds. The summed E-state index contributed by atoms with van der Waals surface area (Å²) in [5.74, 6) is 0.573. The third kappa shape index (κ3) is 3.39. The lowest BCUT2D eigenvalue weighted by molar-refractivity contribution is 0.185. The van der Waals surface area contributed by atoms with E-state index in [9.17, 15) is 10.2 Å². The van der Waals surface area contributed by atoms with Crippen molar-refractivity contribution in [1.82, 2.24) is 0 Å². The summed E-state index contributed by atoms with van der Waals surface area (Å²) < 4.78 is 5.85. The average Bonchev–Trinajstić information content (AvgIpc) is 2.16. The van der Waals surface area contributed by atoms with E-state index in [0.29, 0.717) is 12.2 Å². The standard InChI is InChI=1S/C11H15BrO3/c1-7(13)3-4-8-5-11(15-2)10(14)6-9(8)12/h5-7,13-14H,3-4H2,1-2H3/t7-/m1/s1. The molecule has 0 radical (unpaired) electrons. The first-order valence-corrected chi connectivity index (χ1v) is 5.57. The molecule has 1 aromatic rings. The highest BCUT2D eigenvalue weighted by atomic mass is 79.9. The van der Waals surface area contributed by atoms with Gasteiger partial charge in [-0.15, -0.1) is 0 Å². The second kappa shape index (κ2) is 5.37. The highest BCUT2D eigenvalue weighted by Crippen LogP contribution is 2.32. The van der Waals surface area contributed by atoms with E-state index in [4.69, 9.17) is 4.74 Å². The zero-order valence-electron chi connectivity index (χ0n) is 8.83. The van der Waals surface area contributed by atoms with Crippen LogP contribution in [-0.4, -0.2) is 23.4 Å². The maximum Gasteiger partial charge on any atom is 0.160 e. The Morgan fingerprint density at radius 3 is 2.67 bits per heavy atom. The molecule has 3 nitrogen and oxygen atoms in total. The maximum atomic E-state index is 9.49. The smallest absolute Gasteiger partial charge is 0.160 e. The van der Waals surface area contributed by atoms with Crippen LogP contribution in [0.3, 0.4) is 0 Å². The van der Waals surface area contributed by atoms with Gasteiger partial charge in [0, 0.05) is 4.47 Å². The van der Waals surface area contributed by atoms with Crippen LogP contribution in [0.5, 0.6) is 11.5 Å². The Balaban J connectivity index is 2.87. The van der Waals surface area contributed by atoms with E-state index in [0.717, 1.165) is 16.5 Å².